The van der Waals surface area contributed by atoms with Crippen molar-refractivity contribution in [2.45, 2.75) is 19.6 Å². The lowest BCUT2D eigenvalue weighted by Gasteiger charge is -2.12. The van der Waals surface area contributed by atoms with Crippen LogP contribution in [0, 0.1) is 0 Å². The molecule has 4 heteroatoms. The summed E-state index contributed by atoms with van der Waals surface area (Å²) in [5.41, 5.74) is 2.13. The Balaban J connectivity index is 2.01. The van der Waals surface area contributed by atoms with Crippen LogP contribution in [0.2, 0.25) is 0 Å². The maximum absolute atomic E-state index is 5.66. The van der Waals surface area contributed by atoms with Crippen molar-refractivity contribution in [2.75, 3.05) is 7.05 Å². The van der Waals surface area contributed by atoms with Gasteiger partial charge in [-0.1, -0.05) is 17.3 Å². The van der Waals surface area contributed by atoms with Crippen molar-refractivity contribution < 1.29 is 9.26 Å². The Hall–Kier alpha value is -1.81. The molecule has 0 fully saturated rings. The van der Waals surface area contributed by atoms with Gasteiger partial charge in [-0.3, -0.25) is 0 Å². The van der Waals surface area contributed by atoms with Crippen molar-refractivity contribution in [3.8, 4) is 5.75 Å². The first-order valence-corrected chi connectivity index (χ1v) is 5.58. The first kappa shape index (κ1) is 11.7. The third-order valence-electron chi connectivity index (χ3n) is 2.68. The molecule has 1 N–H and O–H groups in total. The van der Waals surface area contributed by atoms with Crippen molar-refractivity contribution in [1.29, 1.82) is 0 Å². The van der Waals surface area contributed by atoms with Gasteiger partial charge >= 0.3 is 0 Å². The van der Waals surface area contributed by atoms with E-state index in [-0.39, 0.29) is 0 Å². The van der Waals surface area contributed by atoms with Gasteiger partial charge in [0.1, 0.15) is 18.6 Å². The third-order valence-corrected chi connectivity index (χ3v) is 2.68. The van der Waals surface area contributed by atoms with E-state index in [1.807, 2.05) is 25.2 Å². The highest BCUT2D eigenvalue weighted by Gasteiger charge is 2.04. The van der Waals surface area contributed by atoms with Gasteiger partial charge in [0.25, 0.3) is 0 Å². The molecular weight excluding hydrogens is 216 g/mol. The van der Waals surface area contributed by atoms with Gasteiger partial charge in [0.2, 0.25) is 0 Å². The lowest BCUT2D eigenvalue weighted by atomic mass is 10.1. The van der Waals surface area contributed by atoms with Crippen molar-refractivity contribution in [2.24, 2.45) is 0 Å². The highest BCUT2D eigenvalue weighted by molar-refractivity contribution is 5.30. The summed E-state index contributed by atoms with van der Waals surface area (Å²) in [6, 6.07) is 8.36. The number of ether oxygens (including phenoxy) is 1. The lowest BCUT2D eigenvalue weighted by molar-refractivity contribution is 0.304. The summed E-state index contributed by atoms with van der Waals surface area (Å²) in [5, 5.41) is 6.83. The van der Waals surface area contributed by atoms with Crippen LogP contribution in [0.3, 0.4) is 0 Å². The van der Waals surface area contributed by atoms with E-state index in [4.69, 9.17) is 9.26 Å². The number of rotatable bonds is 5. The van der Waals surface area contributed by atoms with Crippen LogP contribution >= 0.6 is 0 Å². The summed E-state index contributed by atoms with van der Waals surface area (Å²) >= 11 is 0. The second-order valence-electron chi connectivity index (χ2n) is 3.90. The number of nitrogens with zero attached hydrogens (tertiary/aromatic N) is 1. The van der Waals surface area contributed by atoms with E-state index in [9.17, 15) is 0 Å². The maximum Gasteiger partial charge on any atom is 0.130 e. The third kappa shape index (κ3) is 3.07. The first-order valence-electron chi connectivity index (χ1n) is 5.58. The molecular formula is C13H16N2O2. The van der Waals surface area contributed by atoms with E-state index >= 15 is 0 Å². The fraction of sp³-hybridized carbons (Fsp3) is 0.308. The molecule has 0 saturated carbocycles. The number of hydrogen-bond acceptors (Lipinski definition) is 4. The molecule has 0 bridgehead atoms. The molecule has 0 aliphatic carbocycles. The van der Waals surface area contributed by atoms with Gasteiger partial charge < -0.3 is 14.6 Å². The Morgan fingerprint density at radius 2 is 2.35 bits per heavy atom. The van der Waals surface area contributed by atoms with Crippen molar-refractivity contribution in [3.63, 3.8) is 0 Å². The van der Waals surface area contributed by atoms with Gasteiger partial charge in [-0.25, -0.2) is 0 Å². The molecule has 4 nitrogen and oxygen atoms in total. The van der Waals surface area contributed by atoms with Gasteiger partial charge in [-0.05, 0) is 31.7 Å². The highest BCUT2D eigenvalue weighted by atomic mass is 16.5. The normalized spacial score (nSPS) is 12.4. The molecule has 1 aromatic carbocycles. The predicted molar refractivity (Wildman–Crippen MR) is 64.8 cm³/mol. The summed E-state index contributed by atoms with van der Waals surface area (Å²) in [5.74, 6) is 0.853. The standard InChI is InChI=1S/C13H16N2O2/c1-10(14-2)12-4-3-5-13(6-12)16-8-11-7-15-17-9-11/h3-7,9-10,14H,8H2,1-2H3. The topological polar surface area (TPSA) is 47.3 Å². The van der Waals surface area contributed by atoms with Crippen LogP contribution in [-0.4, -0.2) is 12.2 Å². The van der Waals surface area contributed by atoms with E-state index in [0.29, 0.717) is 12.6 Å². The zero-order valence-corrected chi connectivity index (χ0v) is 10.0. The van der Waals surface area contributed by atoms with Crippen LogP contribution < -0.4 is 10.1 Å². The molecule has 2 aromatic rings. The second kappa shape index (κ2) is 5.50. The van der Waals surface area contributed by atoms with Crippen molar-refractivity contribution in [3.05, 3.63) is 47.9 Å². The molecule has 0 amide bonds. The molecule has 1 heterocycles. The maximum atomic E-state index is 5.66. The van der Waals surface area contributed by atoms with Crippen LogP contribution in [0.5, 0.6) is 5.75 Å². The summed E-state index contributed by atoms with van der Waals surface area (Å²) in [6.45, 7) is 2.58. The Kier molecular flexibility index (Phi) is 3.77. The van der Waals surface area contributed by atoms with Crippen LogP contribution in [0.1, 0.15) is 24.1 Å². The number of aromatic nitrogens is 1. The Morgan fingerprint density at radius 1 is 1.47 bits per heavy atom. The zero-order chi connectivity index (χ0) is 12.1. The summed E-state index contributed by atoms with van der Waals surface area (Å²) < 4.78 is 10.4. The molecule has 0 aliphatic heterocycles. The fourth-order valence-corrected chi connectivity index (χ4v) is 1.50. The highest BCUT2D eigenvalue weighted by Crippen LogP contribution is 2.19. The van der Waals surface area contributed by atoms with Gasteiger partial charge in [-0.15, -0.1) is 0 Å². The van der Waals surface area contributed by atoms with E-state index < -0.39 is 0 Å². The first-order chi connectivity index (χ1) is 8.29. The van der Waals surface area contributed by atoms with Crippen LogP contribution in [0.15, 0.2) is 41.2 Å². The van der Waals surface area contributed by atoms with Gasteiger partial charge in [0.15, 0.2) is 0 Å². The van der Waals surface area contributed by atoms with Crippen LogP contribution in [0.25, 0.3) is 0 Å². The molecule has 0 spiro atoms. The van der Waals surface area contributed by atoms with Gasteiger partial charge in [-0.2, -0.15) is 0 Å². The van der Waals surface area contributed by atoms with E-state index in [0.717, 1.165) is 11.3 Å². The van der Waals surface area contributed by atoms with Crippen molar-refractivity contribution in [1.82, 2.24) is 10.5 Å². The molecule has 1 aromatic heterocycles. The number of nitrogens with one attached hydrogen (secondary N) is 1. The quantitative estimate of drug-likeness (QED) is 0.860. The molecule has 1 atom stereocenters. The van der Waals surface area contributed by atoms with Crippen LogP contribution in [-0.2, 0) is 6.61 Å². The average Bonchev–Trinajstić information content (AvgIpc) is 2.89. The summed E-state index contributed by atoms with van der Waals surface area (Å²) in [4.78, 5) is 0. The second-order valence-corrected chi connectivity index (χ2v) is 3.90. The zero-order valence-electron chi connectivity index (χ0n) is 10.0. The molecule has 90 valence electrons. The van der Waals surface area contributed by atoms with Crippen LogP contribution in [0.4, 0.5) is 0 Å². The lowest BCUT2D eigenvalue weighted by Crippen LogP contribution is -2.12. The number of benzene rings is 1. The Morgan fingerprint density at radius 3 is 3.06 bits per heavy atom. The monoisotopic (exact) mass is 232 g/mol. The fourth-order valence-electron chi connectivity index (χ4n) is 1.50. The average molecular weight is 232 g/mol. The minimum atomic E-state index is 0.314. The summed E-state index contributed by atoms with van der Waals surface area (Å²) in [7, 11) is 1.94. The molecule has 1 unspecified atom stereocenters. The van der Waals surface area contributed by atoms with Gasteiger partial charge in [0, 0.05) is 11.6 Å². The smallest absolute Gasteiger partial charge is 0.130 e. The minimum Gasteiger partial charge on any atom is -0.489 e. The largest absolute Gasteiger partial charge is 0.489 e. The minimum absolute atomic E-state index is 0.314. The molecule has 2 rings (SSSR count). The predicted octanol–water partition coefficient (Wildman–Crippen LogP) is 2.53. The van der Waals surface area contributed by atoms with E-state index in [2.05, 4.69) is 23.5 Å². The SMILES string of the molecule is CNC(C)c1cccc(OCc2cnoc2)c1. The van der Waals surface area contributed by atoms with E-state index in [1.54, 1.807) is 12.5 Å². The summed E-state index contributed by atoms with van der Waals surface area (Å²) in [6.07, 6.45) is 3.24. The Bertz CT molecular complexity index is 454. The molecule has 0 aliphatic rings. The molecule has 17 heavy (non-hydrogen) atoms. The van der Waals surface area contributed by atoms with Gasteiger partial charge in [0.05, 0.1) is 6.20 Å². The molecule has 0 saturated heterocycles. The van der Waals surface area contributed by atoms with Crippen molar-refractivity contribution >= 4 is 0 Å². The van der Waals surface area contributed by atoms with E-state index in [1.165, 1.54) is 5.56 Å². The Labute approximate surface area is 101 Å². The number of hydrogen-bond donors (Lipinski definition) is 1. The molecule has 0 radical (unpaired) electrons.